The van der Waals surface area contributed by atoms with Crippen LogP contribution in [0.4, 0.5) is 16.2 Å². The summed E-state index contributed by atoms with van der Waals surface area (Å²) >= 11 is 0. The van der Waals surface area contributed by atoms with E-state index in [1.54, 1.807) is 41.0 Å². The van der Waals surface area contributed by atoms with E-state index in [-0.39, 0.29) is 18.8 Å². The number of amides is 2. The molecule has 11 heteroatoms. The summed E-state index contributed by atoms with van der Waals surface area (Å²) < 4.78 is 12.6. The maximum absolute atomic E-state index is 13.3. The predicted octanol–water partition coefficient (Wildman–Crippen LogP) is 2.73. The van der Waals surface area contributed by atoms with Crippen LogP contribution in [0.2, 0.25) is 0 Å². The summed E-state index contributed by atoms with van der Waals surface area (Å²) in [5.74, 6) is -0.514. The first-order chi connectivity index (χ1) is 18.4. The molecule has 3 aromatic rings. The normalized spacial score (nSPS) is 13.8. The topological polar surface area (TPSA) is 124 Å². The van der Waals surface area contributed by atoms with Gasteiger partial charge in [0.25, 0.3) is 5.56 Å². The van der Waals surface area contributed by atoms with Crippen molar-refractivity contribution in [2.24, 2.45) is 0 Å². The number of ether oxygens (including phenoxy) is 2. The number of piperidine rings is 1. The molecule has 0 atom stereocenters. The largest absolute Gasteiger partial charge is 0.465 e. The van der Waals surface area contributed by atoms with E-state index in [4.69, 9.17) is 9.47 Å². The van der Waals surface area contributed by atoms with Gasteiger partial charge in [-0.05, 0) is 62.3 Å². The quantitative estimate of drug-likeness (QED) is 0.413. The Morgan fingerprint density at radius 1 is 0.868 bits per heavy atom. The monoisotopic (exact) mass is 523 g/mol. The van der Waals surface area contributed by atoms with E-state index in [2.05, 4.69) is 15.5 Å². The summed E-state index contributed by atoms with van der Waals surface area (Å²) in [5, 5.41) is 5.71. The van der Waals surface area contributed by atoms with Crippen molar-refractivity contribution in [3.8, 4) is 0 Å². The maximum Gasteiger partial charge on any atom is 0.337 e. The number of methoxy groups -OCH3 is 2. The zero-order valence-electron chi connectivity index (χ0n) is 21.7. The Morgan fingerprint density at radius 2 is 1.61 bits per heavy atom. The molecule has 11 nitrogen and oxygen atoms in total. The zero-order valence-corrected chi connectivity index (χ0v) is 21.7. The van der Waals surface area contributed by atoms with E-state index in [9.17, 15) is 19.2 Å². The fraction of sp³-hybridized carbons (Fsp3) is 0.407. The molecule has 1 saturated heterocycles. The highest BCUT2D eigenvalue weighted by atomic mass is 16.5. The number of carbonyl (C=O) groups excluding carboxylic acids is 2. The summed E-state index contributed by atoms with van der Waals surface area (Å²) in [4.78, 5) is 53.3. The number of carbonyl (C=O) groups is 2. The first-order valence-corrected chi connectivity index (χ1v) is 12.7. The van der Waals surface area contributed by atoms with Crippen LogP contribution in [0.25, 0.3) is 10.9 Å². The molecule has 1 fully saturated rings. The molecule has 0 spiro atoms. The predicted molar refractivity (Wildman–Crippen MR) is 145 cm³/mol. The maximum atomic E-state index is 13.3. The van der Waals surface area contributed by atoms with Crippen molar-refractivity contribution in [2.45, 2.75) is 32.4 Å². The number of urea groups is 1. The third-order valence-electron chi connectivity index (χ3n) is 6.63. The average molecular weight is 524 g/mol. The molecule has 38 heavy (non-hydrogen) atoms. The van der Waals surface area contributed by atoms with E-state index in [1.165, 1.54) is 31.3 Å². The van der Waals surface area contributed by atoms with Crippen molar-refractivity contribution in [3.63, 3.8) is 0 Å². The molecule has 1 aliphatic rings. The summed E-state index contributed by atoms with van der Waals surface area (Å²) in [6.07, 6.45) is 3.52. The number of aromatic nitrogens is 2. The number of anilines is 2. The van der Waals surface area contributed by atoms with Gasteiger partial charge in [-0.1, -0.05) is 12.5 Å². The highest BCUT2D eigenvalue weighted by Crippen LogP contribution is 2.18. The minimum absolute atomic E-state index is 0.127. The number of hydrogen-bond donors (Lipinski definition) is 2. The van der Waals surface area contributed by atoms with Crippen LogP contribution in [0.3, 0.4) is 0 Å². The van der Waals surface area contributed by atoms with Crippen LogP contribution >= 0.6 is 0 Å². The molecule has 4 rings (SSSR count). The van der Waals surface area contributed by atoms with Crippen LogP contribution in [-0.4, -0.2) is 66.5 Å². The lowest BCUT2D eigenvalue weighted by Gasteiger charge is -2.27. The number of esters is 1. The van der Waals surface area contributed by atoms with Gasteiger partial charge in [0.2, 0.25) is 0 Å². The Bertz CT molecular complexity index is 1420. The van der Waals surface area contributed by atoms with E-state index in [0.717, 1.165) is 25.9 Å². The van der Waals surface area contributed by atoms with Crippen LogP contribution < -0.4 is 21.9 Å². The molecule has 2 heterocycles. The third-order valence-corrected chi connectivity index (χ3v) is 6.63. The SMILES string of the molecule is COCCn1c(=O)c2cc(NC(=O)Nc3cccc(C(=O)OC)c3)ccc2n(CCN2CCCCC2)c1=O. The Kier molecular flexibility index (Phi) is 8.93. The smallest absolute Gasteiger partial charge is 0.337 e. The fourth-order valence-electron chi connectivity index (χ4n) is 4.66. The van der Waals surface area contributed by atoms with Crippen LogP contribution in [0.5, 0.6) is 0 Å². The van der Waals surface area contributed by atoms with Gasteiger partial charge in [0.1, 0.15) is 0 Å². The summed E-state index contributed by atoms with van der Waals surface area (Å²) in [5.41, 5.74) is 0.791. The lowest BCUT2D eigenvalue weighted by molar-refractivity contribution is 0.0600. The fourth-order valence-corrected chi connectivity index (χ4v) is 4.66. The minimum Gasteiger partial charge on any atom is -0.465 e. The molecule has 202 valence electrons. The number of nitrogens with one attached hydrogen (secondary N) is 2. The Labute approximate surface area is 220 Å². The van der Waals surface area contributed by atoms with Crippen LogP contribution in [0.1, 0.15) is 29.6 Å². The van der Waals surface area contributed by atoms with Crippen molar-refractivity contribution in [1.29, 1.82) is 0 Å². The van der Waals surface area contributed by atoms with E-state index in [1.807, 2.05) is 0 Å². The van der Waals surface area contributed by atoms with Crippen LogP contribution in [0, 0.1) is 0 Å². The van der Waals surface area contributed by atoms with Crippen LogP contribution in [0.15, 0.2) is 52.1 Å². The molecular weight excluding hydrogens is 490 g/mol. The highest BCUT2D eigenvalue weighted by Gasteiger charge is 2.17. The van der Waals surface area contributed by atoms with Gasteiger partial charge >= 0.3 is 17.7 Å². The number of rotatable bonds is 9. The van der Waals surface area contributed by atoms with Gasteiger partial charge in [0.15, 0.2) is 0 Å². The first kappa shape index (κ1) is 27.1. The number of benzene rings is 2. The van der Waals surface area contributed by atoms with Gasteiger partial charge in [0, 0.05) is 31.6 Å². The Morgan fingerprint density at radius 3 is 2.32 bits per heavy atom. The van der Waals surface area contributed by atoms with Crippen molar-refractivity contribution in [3.05, 3.63) is 68.9 Å². The van der Waals surface area contributed by atoms with Gasteiger partial charge in [-0.2, -0.15) is 0 Å². The molecule has 2 amide bonds. The Hall–Kier alpha value is -3.96. The van der Waals surface area contributed by atoms with Crippen molar-refractivity contribution >= 4 is 34.3 Å². The standard InChI is InChI=1S/C27H33N5O6/c1-37-16-15-32-24(33)22-18-21(29-26(35)28-20-8-6-7-19(17-20)25(34)38-2)9-10-23(22)31(27(32)36)14-13-30-11-4-3-5-12-30/h6-10,17-18H,3-5,11-16H2,1-2H3,(H2,28,29,35). The van der Waals surface area contributed by atoms with Crippen LogP contribution in [-0.2, 0) is 22.6 Å². The number of hydrogen-bond acceptors (Lipinski definition) is 7. The zero-order chi connectivity index (χ0) is 27.1. The van der Waals surface area contributed by atoms with Crippen molar-refractivity contribution in [1.82, 2.24) is 14.0 Å². The summed E-state index contributed by atoms with van der Waals surface area (Å²) in [6, 6.07) is 10.7. The third kappa shape index (κ3) is 6.29. The Balaban J connectivity index is 1.60. The van der Waals surface area contributed by atoms with Gasteiger partial charge in [0.05, 0.1) is 36.7 Å². The van der Waals surface area contributed by atoms with Gasteiger partial charge < -0.3 is 25.0 Å². The number of fused-ring (bicyclic) bond motifs is 1. The van der Waals surface area contributed by atoms with Gasteiger partial charge in [-0.3, -0.25) is 13.9 Å². The second kappa shape index (κ2) is 12.5. The van der Waals surface area contributed by atoms with Crippen molar-refractivity contribution in [2.75, 3.05) is 51.1 Å². The first-order valence-electron chi connectivity index (χ1n) is 12.7. The average Bonchev–Trinajstić information content (AvgIpc) is 2.93. The molecule has 2 N–H and O–H groups in total. The second-order valence-corrected chi connectivity index (χ2v) is 9.17. The van der Waals surface area contributed by atoms with E-state index < -0.39 is 17.6 Å². The van der Waals surface area contributed by atoms with Crippen molar-refractivity contribution < 1.29 is 19.1 Å². The minimum atomic E-state index is -0.551. The van der Waals surface area contributed by atoms with Gasteiger partial charge in [-0.25, -0.2) is 14.4 Å². The molecule has 0 saturated carbocycles. The molecular formula is C27H33N5O6. The summed E-state index contributed by atoms with van der Waals surface area (Å²) in [6.45, 7) is 3.51. The highest BCUT2D eigenvalue weighted by molar-refractivity contribution is 6.01. The van der Waals surface area contributed by atoms with Gasteiger partial charge in [-0.15, -0.1) is 0 Å². The molecule has 2 aromatic carbocycles. The second-order valence-electron chi connectivity index (χ2n) is 9.17. The lowest BCUT2D eigenvalue weighted by Crippen LogP contribution is -2.43. The lowest BCUT2D eigenvalue weighted by atomic mass is 10.1. The van der Waals surface area contributed by atoms with E-state index in [0.29, 0.717) is 40.9 Å². The molecule has 0 unspecified atom stereocenters. The molecule has 0 aliphatic carbocycles. The number of likely N-dealkylation sites (tertiary alicyclic amines) is 1. The summed E-state index contributed by atoms with van der Waals surface area (Å²) in [7, 11) is 2.80. The molecule has 0 radical (unpaired) electrons. The van der Waals surface area contributed by atoms with E-state index >= 15 is 0 Å². The number of nitrogens with zero attached hydrogens (tertiary/aromatic N) is 3. The molecule has 0 bridgehead atoms. The molecule has 1 aliphatic heterocycles. The molecule has 1 aromatic heterocycles.